The zero-order valence-corrected chi connectivity index (χ0v) is 21.1. The third-order valence-corrected chi connectivity index (χ3v) is 6.26. The molecule has 1 aromatic carbocycles. The van der Waals surface area contributed by atoms with Crippen LogP contribution in [0.5, 0.6) is 0 Å². The molecule has 0 aliphatic carbocycles. The first-order chi connectivity index (χ1) is 14.7. The van der Waals surface area contributed by atoms with Crippen molar-refractivity contribution in [2.24, 2.45) is 16.6 Å². The monoisotopic (exact) mass is 539 g/mol. The van der Waals surface area contributed by atoms with Crippen molar-refractivity contribution in [3.8, 4) is 0 Å². The van der Waals surface area contributed by atoms with Gasteiger partial charge in [-0.05, 0) is 63.7 Å². The molecule has 0 radical (unpaired) electrons. The lowest BCUT2D eigenvalue weighted by Gasteiger charge is -2.32. The Morgan fingerprint density at radius 1 is 1.13 bits per heavy atom. The maximum absolute atomic E-state index is 11.3. The Bertz CT molecular complexity index is 719. The van der Waals surface area contributed by atoms with E-state index in [0.29, 0.717) is 0 Å². The van der Waals surface area contributed by atoms with Gasteiger partial charge >= 0.3 is 0 Å². The molecule has 2 aliphatic heterocycles. The summed E-state index contributed by atoms with van der Waals surface area (Å²) >= 11 is 0. The minimum Gasteiger partial charge on any atom is -0.369 e. The van der Waals surface area contributed by atoms with Crippen molar-refractivity contribution in [3.05, 3.63) is 41.5 Å². The maximum atomic E-state index is 11.3. The van der Waals surface area contributed by atoms with Crippen LogP contribution < -0.4 is 11.1 Å². The number of nitrogens with two attached hydrogens (primary N) is 1. The first kappa shape index (κ1) is 25.6. The number of amides is 1. The first-order valence-electron chi connectivity index (χ1n) is 11.4. The van der Waals surface area contributed by atoms with Crippen molar-refractivity contribution in [2.75, 3.05) is 46.3 Å². The van der Waals surface area contributed by atoms with Crippen molar-refractivity contribution in [3.63, 3.8) is 0 Å². The van der Waals surface area contributed by atoms with Gasteiger partial charge < -0.3 is 20.9 Å². The normalized spacial score (nSPS) is 18.4. The second-order valence-electron chi connectivity index (χ2n) is 8.40. The number of halogens is 1. The number of carbonyl (C=O) groups excluding carboxylic acids is 1. The lowest BCUT2D eigenvalue weighted by atomic mass is 9.96. The van der Waals surface area contributed by atoms with Gasteiger partial charge in [-0.15, -0.1) is 24.0 Å². The van der Waals surface area contributed by atoms with E-state index in [2.05, 4.69) is 56.5 Å². The highest BCUT2D eigenvalue weighted by atomic mass is 127. The van der Waals surface area contributed by atoms with Crippen molar-refractivity contribution in [2.45, 2.75) is 38.5 Å². The fraction of sp³-hybridized carbons (Fsp3) is 0.583. The number of aliphatic imine (C=N–C) groups is 1. The summed E-state index contributed by atoms with van der Waals surface area (Å²) in [6, 6.07) is 10.6. The van der Waals surface area contributed by atoms with E-state index in [9.17, 15) is 4.79 Å². The SMILES string of the molecule is CN=C(NCCCCN1CCC(C(N)=O)CC1)N1CCC(=Cc2ccccc2)CC1.I. The van der Waals surface area contributed by atoms with Crippen LogP contribution in [0.1, 0.15) is 44.1 Å². The number of benzene rings is 1. The van der Waals surface area contributed by atoms with Crippen LogP contribution >= 0.6 is 24.0 Å². The predicted octanol–water partition coefficient (Wildman–Crippen LogP) is 3.34. The fourth-order valence-electron chi connectivity index (χ4n) is 4.37. The summed E-state index contributed by atoms with van der Waals surface area (Å²) < 4.78 is 0. The van der Waals surface area contributed by atoms with Gasteiger partial charge in [-0.25, -0.2) is 0 Å². The predicted molar refractivity (Wildman–Crippen MR) is 140 cm³/mol. The topological polar surface area (TPSA) is 74.0 Å². The number of nitrogens with zero attached hydrogens (tertiary/aromatic N) is 3. The van der Waals surface area contributed by atoms with Gasteiger partial charge in [-0.1, -0.05) is 42.0 Å². The van der Waals surface area contributed by atoms with Crippen molar-refractivity contribution in [1.82, 2.24) is 15.1 Å². The Morgan fingerprint density at radius 3 is 2.42 bits per heavy atom. The molecule has 3 rings (SSSR count). The lowest BCUT2D eigenvalue weighted by molar-refractivity contribution is -0.123. The molecule has 0 saturated carbocycles. The molecule has 3 N–H and O–H groups in total. The van der Waals surface area contributed by atoms with Gasteiger partial charge in [0, 0.05) is 32.6 Å². The van der Waals surface area contributed by atoms with E-state index in [0.717, 1.165) is 83.8 Å². The second-order valence-corrected chi connectivity index (χ2v) is 8.40. The fourth-order valence-corrected chi connectivity index (χ4v) is 4.37. The number of rotatable bonds is 7. The summed E-state index contributed by atoms with van der Waals surface area (Å²) in [5.41, 5.74) is 8.23. The van der Waals surface area contributed by atoms with Crippen LogP contribution in [0, 0.1) is 5.92 Å². The number of hydrogen-bond acceptors (Lipinski definition) is 3. The molecule has 1 aromatic rings. The molecular weight excluding hydrogens is 501 g/mol. The Balaban J connectivity index is 0.00000341. The molecule has 1 amide bonds. The molecular formula is C24H38IN5O. The number of unbranched alkanes of at least 4 members (excludes halogenated alkanes) is 1. The molecule has 31 heavy (non-hydrogen) atoms. The molecule has 2 aliphatic rings. The molecule has 2 fully saturated rings. The van der Waals surface area contributed by atoms with Crippen LogP contribution in [0.3, 0.4) is 0 Å². The Kier molecular flexibility index (Phi) is 11.4. The average Bonchev–Trinajstić information content (AvgIpc) is 2.78. The number of likely N-dealkylation sites (tertiary alicyclic amines) is 2. The van der Waals surface area contributed by atoms with Crippen LogP contribution in [0.4, 0.5) is 0 Å². The van der Waals surface area contributed by atoms with Gasteiger partial charge in [0.15, 0.2) is 5.96 Å². The number of guanidine groups is 1. The van der Waals surface area contributed by atoms with Crippen LogP contribution in [-0.2, 0) is 4.79 Å². The largest absolute Gasteiger partial charge is 0.369 e. The van der Waals surface area contributed by atoms with E-state index in [4.69, 9.17) is 5.73 Å². The van der Waals surface area contributed by atoms with Crippen molar-refractivity contribution in [1.29, 1.82) is 0 Å². The van der Waals surface area contributed by atoms with E-state index in [1.807, 2.05) is 7.05 Å². The summed E-state index contributed by atoms with van der Waals surface area (Å²) in [6.07, 6.45) is 8.64. The van der Waals surface area contributed by atoms with Gasteiger partial charge in [0.1, 0.15) is 0 Å². The molecule has 0 aromatic heterocycles. The van der Waals surface area contributed by atoms with Gasteiger partial charge in [0.05, 0.1) is 0 Å². The Morgan fingerprint density at radius 2 is 1.81 bits per heavy atom. The molecule has 0 bridgehead atoms. The molecule has 2 saturated heterocycles. The third-order valence-electron chi connectivity index (χ3n) is 6.26. The highest BCUT2D eigenvalue weighted by Crippen LogP contribution is 2.20. The van der Waals surface area contributed by atoms with Crippen LogP contribution in [0.15, 0.2) is 40.9 Å². The van der Waals surface area contributed by atoms with E-state index in [1.54, 1.807) is 0 Å². The zero-order chi connectivity index (χ0) is 21.2. The summed E-state index contributed by atoms with van der Waals surface area (Å²) in [5, 5.41) is 3.54. The van der Waals surface area contributed by atoms with Crippen LogP contribution in [-0.4, -0.2) is 68.0 Å². The summed E-state index contributed by atoms with van der Waals surface area (Å²) in [5.74, 6) is 0.973. The zero-order valence-electron chi connectivity index (χ0n) is 18.8. The number of piperidine rings is 2. The van der Waals surface area contributed by atoms with Gasteiger partial charge in [0.25, 0.3) is 0 Å². The molecule has 7 heteroatoms. The van der Waals surface area contributed by atoms with Crippen LogP contribution in [0.25, 0.3) is 6.08 Å². The standard InChI is InChI=1S/C24H37N5O.HI/c1-26-24(27-13-5-6-14-28-15-11-22(12-16-28)23(25)30)29-17-9-21(10-18-29)19-20-7-3-2-4-8-20;/h2-4,7-8,19,22H,5-6,9-18H2,1H3,(H2,25,30)(H,26,27);1H. The maximum Gasteiger partial charge on any atom is 0.220 e. The number of primary amides is 1. The Hall–Kier alpha value is -1.61. The highest BCUT2D eigenvalue weighted by Gasteiger charge is 2.22. The minimum absolute atomic E-state index is 0. The molecule has 0 unspecified atom stereocenters. The molecule has 0 atom stereocenters. The lowest BCUT2D eigenvalue weighted by Crippen LogP contribution is -2.44. The van der Waals surface area contributed by atoms with Gasteiger partial charge in [0.2, 0.25) is 5.91 Å². The van der Waals surface area contributed by atoms with Gasteiger partial charge in [-0.2, -0.15) is 0 Å². The average molecular weight is 540 g/mol. The summed E-state index contributed by atoms with van der Waals surface area (Å²) in [4.78, 5) is 20.6. The molecule has 2 heterocycles. The summed E-state index contributed by atoms with van der Waals surface area (Å²) in [7, 11) is 1.88. The van der Waals surface area contributed by atoms with Crippen molar-refractivity contribution < 1.29 is 4.79 Å². The molecule has 0 spiro atoms. The molecule has 6 nitrogen and oxygen atoms in total. The Labute approximate surface area is 204 Å². The quantitative estimate of drug-likeness (QED) is 0.241. The van der Waals surface area contributed by atoms with Gasteiger partial charge in [-0.3, -0.25) is 9.79 Å². The first-order valence-corrected chi connectivity index (χ1v) is 11.4. The highest BCUT2D eigenvalue weighted by molar-refractivity contribution is 14.0. The third kappa shape index (κ3) is 8.44. The van der Waals surface area contributed by atoms with E-state index >= 15 is 0 Å². The van der Waals surface area contributed by atoms with E-state index in [-0.39, 0.29) is 35.8 Å². The number of hydrogen-bond donors (Lipinski definition) is 2. The number of nitrogens with one attached hydrogen (secondary N) is 1. The van der Waals surface area contributed by atoms with E-state index in [1.165, 1.54) is 11.1 Å². The molecule has 172 valence electrons. The van der Waals surface area contributed by atoms with E-state index < -0.39 is 0 Å². The van der Waals surface area contributed by atoms with Crippen LogP contribution in [0.2, 0.25) is 0 Å². The summed E-state index contributed by atoms with van der Waals surface area (Å²) in [6.45, 7) is 6.08. The number of carbonyl (C=O) groups is 1. The smallest absolute Gasteiger partial charge is 0.220 e. The van der Waals surface area contributed by atoms with Crippen molar-refractivity contribution >= 4 is 41.9 Å². The minimum atomic E-state index is -0.134. The second kappa shape index (κ2) is 13.7.